The highest BCUT2D eigenvalue weighted by Gasteiger charge is 2.21. The summed E-state index contributed by atoms with van der Waals surface area (Å²) in [6.45, 7) is 4.07. The van der Waals surface area contributed by atoms with Crippen molar-refractivity contribution < 1.29 is 4.79 Å². The number of hydrogen-bond donors (Lipinski definition) is 3. The predicted molar refractivity (Wildman–Crippen MR) is 122 cm³/mol. The van der Waals surface area contributed by atoms with Crippen molar-refractivity contribution in [3.05, 3.63) is 53.8 Å². The van der Waals surface area contributed by atoms with Gasteiger partial charge < -0.3 is 15.5 Å². The van der Waals surface area contributed by atoms with E-state index in [4.69, 9.17) is 5.41 Å². The fraction of sp³-hybridized carbons (Fsp3) is 0.286. The molecule has 1 aliphatic heterocycles. The Bertz CT molecular complexity index is 1000. The molecule has 0 saturated carbocycles. The number of nitrogens with one attached hydrogen (secondary N) is 3. The molecule has 3 aromatic rings. The normalized spacial score (nSPS) is 14.3. The average Bonchev–Trinajstić information content (AvgIpc) is 3.31. The van der Waals surface area contributed by atoms with Gasteiger partial charge >= 0.3 is 0 Å². The molecule has 0 radical (unpaired) electrons. The molecule has 0 bridgehead atoms. The lowest BCUT2D eigenvalue weighted by Gasteiger charge is -2.34. The molecule has 160 valence electrons. The molecule has 1 fully saturated rings. The van der Waals surface area contributed by atoms with Crippen molar-refractivity contribution in [3.8, 4) is 11.1 Å². The highest BCUT2D eigenvalue weighted by molar-refractivity contribution is 7.13. The van der Waals surface area contributed by atoms with Gasteiger partial charge in [0, 0.05) is 62.3 Å². The molecule has 0 aliphatic carbocycles. The van der Waals surface area contributed by atoms with Crippen LogP contribution in [-0.4, -0.2) is 64.8 Å². The Labute approximate surface area is 184 Å². The van der Waals surface area contributed by atoms with Crippen molar-refractivity contribution in [1.82, 2.24) is 25.2 Å². The third-order valence-corrected chi connectivity index (χ3v) is 5.70. The van der Waals surface area contributed by atoms with E-state index >= 15 is 0 Å². The fourth-order valence-corrected chi connectivity index (χ4v) is 3.96. The predicted octanol–water partition coefficient (Wildman–Crippen LogP) is 2.06. The summed E-state index contributed by atoms with van der Waals surface area (Å²) < 4.78 is 0. The summed E-state index contributed by atoms with van der Waals surface area (Å²) in [5, 5.41) is 15.3. The fourth-order valence-electron chi connectivity index (χ4n) is 3.42. The van der Waals surface area contributed by atoms with E-state index in [0.717, 1.165) is 42.9 Å². The van der Waals surface area contributed by atoms with Crippen molar-refractivity contribution >= 4 is 34.7 Å². The number of thiazole rings is 1. The first kappa shape index (κ1) is 20.9. The van der Waals surface area contributed by atoms with Crippen LogP contribution in [0.4, 0.5) is 11.1 Å². The molecule has 1 saturated heterocycles. The molecule has 0 atom stereocenters. The van der Waals surface area contributed by atoms with Gasteiger partial charge in [-0.25, -0.2) is 15.0 Å². The van der Waals surface area contributed by atoms with Crippen LogP contribution in [0, 0.1) is 5.41 Å². The van der Waals surface area contributed by atoms with Crippen molar-refractivity contribution in [1.29, 1.82) is 5.41 Å². The first-order valence-corrected chi connectivity index (χ1v) is 10.9. The number of hydrogen-bond acceptors (Lipinski definition) is 8. The number of piperazine rings is 1. The zero-order valence-corrected chi connectivity index (χ0v) is 17.8. The van der Waals surface area contributed by atoms with E-state index < -0.39 is 0 Å². The third kappa shape index (κ3) is 5.62. The van der Waals surface area contributed by atoms with Crippen molar-refractivity contribution in [2.75, 3.05) is 42.9 Å². The zero-order chi connectivity index (χ0) is 21.5. The van der Waals surface area contributed by atoms with Crippen LogP contribution in [0.15, 0.2) is 48.2 Å². The number of aromatic nitrogens is 3. The molecule has 2 aromatic heterocycles. The summed E-state index contributed by atoms with van der Waals surface area (Å²) in [5.41, 5.74) is 3.10. The Hall–Kier alpha value is -3.37. The van der Waals surface area contributed by atoms with Crippen LogP contribution in [0.25, 0.3) is 11.1 Å². The summed E-state index contributed by atoms with van der Waals surface area (Å²) in [4.78, 5) is 29.6. The second kappa shape index (κ2) is 10.1. The van der Waals surface area contributed by atoms with Gasteiger partial charge in [0.15, 0.2) is 5.13 Å². The minimum Gasteiger partial charge on any atom is -0.373 e. The SMILES string of the molecule is N=CNCc1cccc(-c2cnc(N3CCN(CC(=O)Nc4nccs4)CC3)nc2)c1. The molecule has 3 heterocycles. The molecule has 1 amide bonds. The van der Waals surface area contributed by atoms with Crippen molar-refractivity contribution in [3.63, 3.8) is 0 Å². The first-order valence-electron chi connectivity index (χ1n) is 10.0. The van der Waals surface area contributed by atoms with E-state index in [1.165, 1.54) is 17.7 Å². The lowest BCUT2D eigenvalue weighted by atomic mass is 10.1. The standard InChI is InChI=1S/C21H24N8OS/c22-15-23-11-16-2-1-3-17(10-16)18-12-25-20(26-13-18)29-7-5-28(6-8-29)14-19(30)27-21-24-4-9-31-21/h1-4,9-10,12-13,15H,5-8,11,14H2,(H2,22,23)(H,24,27,30). The lowest BCUT2D eigenvalue weighted by Crippen LogP contribution is -2.49. The van der Waals surface area contributed by atoms with E-state index in [1.807, 2.05) is 36.0 Å². The zero-order valence-electron chi connectivity index (χ0n) is 17.0. The second-order valence-corrected chi connectivity index (χ2v) is 8.04. The molecule has 3 N–H and O–H groups in total. The Kier molecular flexibility index (Phi) is 6.80. The van der Waals surface area contributed by atoms with Gasteiger partial charge in [-0.1, -0.05) is 18.2 Å². The molecule has 1 aromatic carbocycles. The summed E-state index contributed by atoms with van der Waals surface area (Å²) in [7, 11) is 0. The summed E-state index contributed by atoms with van der Waals surface area (Å²) >= 11 is 1.42. The summed E-state index contributed by atoms with van der Waals surface area (Å²) in [6, 6.07) is 8.12. The number of nitrogens with zero attached hydrogens (tertiary/aromatic N) is 5. The van der Waals surface area contributed by atoms with Gasteiger partial charge in [0.25, 0.3) is 0 Å². The van der Waals surface area contributed by atoms with Gasteiger partial charge in [0.1, 0.15) is 0 Å². The topological polar surface area (TPSA) is 110 Å². The van der Waals surface area contributed by atoms with Crippen LogP contribution < -0.4 is 15.5 Å². The van der Waals surface area contributed by atoms with Crippen LogP contribution in [0.3, 0.4) is 0 Å². The van der Waals surface area contributed by atoms with E-state index in [9.17, 15) is 4.79 Å². The minimum atomic E-state index is -0.0398. The molecular weight excluding hydrogens is 412 g/mol. The molecule has 0 spiro atoms. The Morgan fingerprint density at radius 2 is 1.94 bits per heavy atom. The average molecular weight is 437 g/mol. The molecule has 4 rings (SSSR count). The van der Waals surface area contributed by atoms with Crippen LogP contribution in [0.1, 0.15) is 5.56 Å². The van der Waals surface area contributed by atoms with E-state index in [1.54, 1.807) is 6.20 Å². The van der Waals surface area contributed by atoms with Crippen molar-refractivity contribution in [2.24, 2.45) is 0 Å². The molecule has 31 heavy (non-hydrogen) atoms. The van der Waals surface area contributed by atoms with Gasteiger partial charge in [-0.2, -0.15) is 0 Å². The monoisotopic (exact) mass is 436 g/mol. The minimum absolute atomic E-state index is 0.0398. The maximum Gasteiger partial charge on any atom is 0.240 e. The number of amides is 1. The van der Waals surface area contributed by atoms with E-state index in [-0.39, 0.29) is 5.91 Å². The van der Waals surface area contributed by atoms with E-state index in [2.05, 4.69) is 41.5 Å². The quantitative estimate of drug-likeness (QED) is 0.366. The van der Waals surface area contributed by atoms with E-state index in [0.29, 0.717) is 24.2 Å². The third-order valence-electron chi connectivity index (χ3n) is 5.01. The molecular formula is C21H24N8OS. The Morgan fingerprint density at radius 1 is 1.13 bits per heavy atom. The maximum atomic E-state index is 12.1. The van der Waals surface area contributed by atoms with Gasteiger partial charge in [-0.05, 0) is 17.2 Å². The molecule has 9 nitrogen and oxygen atoms in total. The molecule has 10 heteroatoms. The van der Waals surface area contributed by atoms with Crippen LogP contribution in [0.5, 0.6) is 0 Å². The van der Waals surface area contributed by atoms with Crippen LogP contribution in [0.2, 0.25) is 0 Å². The number of benzene rings is 1. The highest BCUT2D eigenvalue weighted by atomic mass is 32.1. The van der Waals surface area contributed by atoms with Crippen LogP contribution >= 0.6 is 11.3 Å². The second-order valence-electron chi connectivity index (χ2n) is 7.15. The number of carbonyl (C=O) groups is 1. The Morgan fingerprint density at radius 3 is 2.65 bits per heavy atom. The summed E-state index contributed by atoms with van der Waals surface area (Å²) in [6.07, 6.45) is 6.56. The van der Waals surface area contributed by atoms with Crippen LogP contribution in [-0.2, 0) is 11.3 Å². The molecule has 1 aliphatic rings. The smallest absolute Gasteiger partial charge is 0.240 e. The summed E-state index contributed by atoms with van der Waals surface area (Å²) in [5.74, 6) is 0.666. The lowest BCUT2D eigenvalue weighted by molar-refractivity contribution is -0.117. The molecule has 0 unspecified atom stereocenters. The first-order chi connectivity index (χ1) is 15.2. The Balaban J connectivity index is 1.30. The number of rotatable bonds is 8. The van der Waals surface area contributed by atoms with Gasteiger partial charge in [-0.15, -0.1) is 11.3 Å². The maximum absolute atomic E-state index is 12.1. The number of anilines is 2. The van der Waals surface area contributed by atoms with Gasteiger partial charge in [-0.3, -0.25) is 15.1 Å². The van der Waals surface area contributed by atoms with Gasteiger partial charge in [0.05, 0.1) is 12.9 Å². The largest absolute Gasteiger partial charge is 0.373 e. The number of carbonyl (C=O) groups excluding carboxylic acids is 1. The van der Waals surface area contributed by atoms with Gasteiger partial charge in [0.2, 0.25) is 11.9 Å². The highest BCUT2D eigenvalue weighted by Crippen LogP contribution is 2.21. The van der Waals surface area contributed by atoms with Crippen molar-refractivity contribution in [2.45, 2.75) is 6.54 Å².